The molecule has 0 spiro atoms. The quantitative estimate of drug-likeness (QED) is 0.344. The molecule has 1 unspecified atom stereocenters. The van der Waals surface area contributed by atoms with Gasteiger partial charge in [0.1, 0.15) is 0 Å². The van der Waals surface area contributed by atoms with Crippen LogP contribution in [0.5, 0.6) is 0 Å². The summed E-state index contributed by atoms with van der Waals surface area (Å²) < 4.78 is 38.6. The van der Waals surface area contributed by atoms with Crippen molar-refractivity contribution >= 4 is 0 Å². The van der Waals surface area contributed by atoms with E-state index in [2.05, 4.69) is 70.0 Å². The topological polar surface area (TPSA) is 3.24 Å². The van der Waals surface area contributed by atoms with E-state index in [0.29, 0.717) is 17.4 Å². The number of nitrogens with zero attached hydrogens (tertiary/aromatic N) is 1. The molecule has 2 aromatic rings. The van der Waals surface area contributed by atoms with Crippen LogP contribution in [-0.2, 0) is 18.0 Å². The molecule has 1 saturated carbocycles. The summed E-state index contributed by atoms with van der Waals surface area (Å²) in [6.07, 6.45) is 3.83. The molecule has 3 atom stereocenters. The van der Waals surface area contributed by atoms with Crippen molar-refractivity contribution in [1.29, 1.82) is 0 Å². The van der Waals surface area contributed by atoms with Crippen molar-refractivity contribution in [2.24, 2.45) is 11.3 Å². The summed E-state index contributed by atoms with van der Waals surface area (Å²) in [5.41, 5.74) is 3.77. The maximum absolute atomic E-state index is 12.9. The minimum atomic E-state index is -4.27. The summed E-state index contributed by atoms with van der Waals surface area (Å²) in [6, 6.07) is 15.5. The molecule has 2 aromatic carbocycles. The molecular weight excluding hydrogens is 455 g/mol. The van der Waals surface area contributed by atoms with E-state index >= 15 is 0 Å². The molecule has 4 rings (SSSR count). The van der Waals surface area contributed by atoms with Crippen LogP contribution in [0.15, 0.2) is 61.7 Å². The number of hydrogen-bond donors (Lipinski definition) is 0. The summed E-state index contributed by atoms with van der Waals surface area (Å²) in [6.45, 7) is 17.5. The van der Waals surface area contributed by atoms with Gasteiger partial charge in [0.2, 0.25) is 0 Å². The van der Waals surface area contributed by atoms with Gasteiger partial charge in [-0.1, -0.05) is 62.2 Å². The van der Waals surface area contributed by atoms with Gasteiger partial charge in [-0.3, -0.25) is 4.90 Å². The Bertz CT molecular complexity index is 958. The van der Waals surface area contributed by atoms with E-state index in [0.717, 1.165) is 31.5 Å². The predicted molar refractivity (Wildman–Crippen MR) is 145 cm³/mol. The highest BCUT2D eigenvalue weighted by molar-refractivity contribution is 5.32. The van der Waals surface area contributed by atoms with Crippen LogP contribution < -0.4 is 0 Å². The molecule has 0 bridgehead atoms. The molecule has 0 N–H and O–H groups in total. The van der Waals surface area contributed by atoms with Crippen LogP contribution in [0.25, 0.3) is 0 Å². The Morgan fingerprint density at radius 2 is 1.61 bits per heavy atom. The lowest BCUT2D eigenvalue weighted by Crippen LogP contribution is -2.52. The second-order valence-corrected chi connectivity index (χ2v) is 11.6. The van der Waals surface area contributed by atoms with Crippen LogP contribution in [0.2, 0.25) is 0 Å². The van der Waals surface area contributed by atoms with E-state index < -0.39 is 11.7 Å². The Labute approximate surface area is 216 Å². The van der Waals surface area contributed by atoms with Gasteiger partial charge in [-0.2, -0.15) is 13.2 Å². The lowest BCUT2D eigenvalue weighted by Gasteiger charge is -2.51. The number of alkyl halides is 3. The highest BCUT2D eigenvalue weighted by Gasteiger charge is 2.45. The van der Waals surface area contributed by atoms with E-state index in [1.54, 1.807) is 12.1 Å². The molecule has 2 fully saturated rings. The summed E-state index contributed by atoms with van der Waals surface area (Å²) in [5, 5.41) is 0. The van der Waals surface area contributed by atoms with Crippen molar-refractivity contribution in [2.45, 2.75) is 90.3 Å². The van der Waals surface area contributed by atoms with Crippen molar-refractivity contribution in [3.8, 4) is 0 Å². The predicted octanol–water partition coefficient (Wildman–Crippen LogP) is 9.00. The maximum atomic E-state index is 12.9. The third-order valence-corrected chi connectivity index (χ3v) is 9.00. The molecular formula is C32H44F3N. The van der Waals surface area contributed by atoms with Gasteiger partial charge < -0.3 is 0 Å². The first kappa shape index (κ1) is 28.5. The number of hydrogen-bond acceptors (Lipinski definition) is 1. The van der Waals surface area contributed by atoms with E-state index in [-0.39, 0.29) is 5.41 Å². The number of benzene rings is 2. The van der Waals surface area contributed by atoms with E-state index in [1.807, 2.05) is 0 Å². The van der Waals surface area contributed by atoms with Crippen molar-refractivity contribution < 1.29 is 13.2 Å². The van der Waals surface area contributed by atoms with Gasteiger partial charge in [0.15, 0.2) is 0 Å². The van der Waals surface area contributed by atoms with Crippen LogP contribution in [0, 0.1) is 18.3 Å². The minimum Gasteiger partial charge on any atom is -0.300 e. The average molecular weight is 500 g/mol. The first-order chi connectivity index (χ1) is 17.0. The average Bonchev–Trinajstić information content (AvgIpc) is 2.82. The van der Waals surface area contributed by atoms with Gasteiger partial charge >= 0.3 is 6.18 Å². The van der Waals surface area contributed by atoms with Crippen LogP contribution in [-0.4, -0.2) is 24.0 Å². The number of aryl methyl sites for hydroxylation is 2. The summed E-state index contributed by atoms with van der Waals surface area (Å²) in [7, 11) is 0. The van der Waals surface area contributed by atoms with Gasteiger partial charge in [0.25, 0.3) is 0 Å². The first-order valence-electron chi connectivity index (χ1n) is 13.5. The fraction of sp³-hybridized carbons (Fsp3) is 0.562. The second-order valence-electron chi connectivity index (χ2n) is 11.6. The van der Waals surface area contributed by atoms with Gasteiger partial charge in [-0.15, -0.1) is 13.2 Å². The lowest BCUT2D eigenvalue weighted by molar-refractivity contribution is -0.137. The molecule has 2 aliphatic rings. The molecule has 0 aromatic heterocycles. The SMILES string of the molecule is C=C.Cc1ccc(C2([C@@H](C)CN3CC(C)(CCc4ccc(C(F)(F)F)cc4)CC[C@H]3C)CCC2)cc1. The Balaban J connectivity index is 0.00000176. The normalized spacial score (nSPS) is 24.8. The Hall–Kier alpha value is -2.07. The third-order valence-electron chi connectivity index (χ3n) is 9.00. The van der Waals surface area contributed by atoms with Crippen LogP contribution in [0.3, 0.4) is 0 Å². The zero-order chi connectivity index (χ0) is 26.6. The summed E-state index contributed by atoms with van der Waals surface area (Å²) in [5.74, 6) is 0.601. The molecule has 1 aliphatic heterocycles. The largest absolute Gasteiger partial charge is 0.416 e. The van der Waals surface area contributed by atoms with E-state index in [4.69, 9.17) is 0 Å². The molecule has 0 radical (unpaired) electrons. The van der Waals surface area contributed by atoms with Gasteiger partial charge in [0, 0.05) is 19.1 Å². The Kier molecular flexibility index (Phi) is 9.14. The molecule has 0 amide bonds. The second kappa shape index (κ2) is 11.5. The molecule has 1 heterocycles. The number of likely N-dealkylation sites (tertiary alicyclic amines) is 1. The fourth-order valence-corrected chi connectivity index (χ4v) is 6.26. The van der Waals surface area contributed by atoms with Crippen LogP contribution in [0.1, 0.15) is 81.5 Å². The minimum absolute atomic E-state index is 0.200. The lowest BCUT2D eigenvalue weighted by atomic mass is 9.57. The van der Waals surface area contributed by atoms with Gasteiger partial charge in [-0.05, 0) is 92.4 Å². The number of rotatable bonds is 7. The molecule has 198 valence electrons. The smallest absolute Gasteiger partial charge is 0.300 e. The van der Waals surface area contributed by atoms with Crippen molar-refractivity contribution in [1.82, 2.24) is 4.90 Å². The fourth-order valence-electron chi connectivity index (χ4n) is 6.26. The Morgan fingerprint density at radius 1 is 1.00 bits per heavy atom. The molecule has 36 heavy (non-hydrogen) atoms. The third kappa shape index (κ3) is 6.43. The first-order valence-corrected chi connectivity index (χ1v) is 13.5. The summed E-state index contributed by atoms with van der Waals surface area (Å²) in [4.78, 5) is 2.70. The highest BCUT2D eigenvalue weighted by Crippen LogP contribution is 2.50. The Morgan fingerprint density at radius 3 is 2.14 bits per heavy atom. The van der Waals surface area contributed by atoms with E-state index in [9.17, 15) is 13.2 Å². The highest BCUT2D eigenvalue weighted by atomic mass is 19.4. The van der Waals surface area contributed by atoms with Crippen molar-refractivity contribution in [3.63, 3.8) is 0 Å². The van der Waals surface area contributed by atoms with Crippen molar-refractivity contribution in [3.05, 3.63) is 83.9 Å². The summed E-state index contributed by atoms with van der Waals surface area (Å²) >= 11 is 0. The van der Waals surface area contributed by atoms with Crippen LogP contribution >= 0.6 is 0 Å². The monoisotopic (exact) mass is 499 g/mol. The van der Waals surface area contributed by atoms with Gasteiger partial charge in [-0.25, -0.2) is 0 Å². The maximum Gasteiger partial charge on any atom is 0.416 e. The molecule has 1 nitrogen and oxygen atoms in total. The zero-order valence-electron chi connectivity index (χ0n) is 22.6. The molecule has 1 saturated heterocycles. The molecule has 1 aliphatic carbocycles. The standard InChI is InChI=1S/C30H40F3N.C2H4/c1-22-6-10-26(11-7-22)29(16-5-17-29)23(2)20-34-21-28(4,18-14-24(34)3)19-15-25-8-12-27(13-9-25)30(31,32)33;1-2/h6-13,23-24H,5,14-21H2,1-4H3;1-2H2/t23-,24+,28?;/m0./s1. The van der Waals surface area contributed by atoms with Crippen molar-refractivity contribution in [2.75, 3.05) is 13.1 Å². The van der Waals surface area contributed by atoms with Gasteiger partial charge in [0.05, 0.1) is 5.56 Å². The number of piperidine rings is 1. The van der Waals surface area contributed by atoms with Crippen LogP contribution in [0.4, 0.5) is 13.2 Å². The zero-order valence-corrected chi connectivity index (χ0v) is 22.6. The van der Waals surface area contributed by atoms with E-state index in [1.165, 1.54) is 55.4 Å². The number of halogens is 3. The molecule has 4 heteroatoms.